The number of carbonyl (C=O) groups excluding carboxylic acids is 2. The Bertz CT molecular complexity index is 2090. The normalized spacial score (nSPS) is 13.8. The average molecular weight is 766 g/mol. The fraction of sp³-hybridized carbons (Fsp3) is 0.297. The number of esters is 2. The largest absolute Gasteiger partial charge is 0.490 e. The number of rotatable bonds is 14. The van der Waals surface area contributed by atoms with Crippen LogP contribution in [0.3, 0.4) is 0 Å². The van der Waals surface area contributed by atoms with Gasteiger partial charge < -0.3 is 28.4 Å². The van der Waals surface area contributed by atoms with Gasteiger partial charge in [-0.1, -0.05) is 29.5 Å². The summed E-state index contributed by atoms with van der Waals surface area (Å²) in [6, 6.07) is 15.2. The van der Waals surface area contributed by atoms with E-state index in [0.717, 1.165) is 5.56 Å². The van der Waals surface area contributed by atoms with Crippen LogP contribution in [0.15, 0.2) is 80.6 Å². The fourth-order valence-electron chi connectivity index (χ4n) is 5.32. The smallest absolute Gasteiger partial charge is 0.338 e. The highest BCUT2D eigenvalue weighted by Gasteiger charge is 2.31. The molecular formula is C37H37BrN2O9S. The molecule has 0 spiro atoms. The molecule has 5 rings (SSSR count). The molecule has 0 N–H and O–H groups in total. The van der Waals surface area contributed by atoms with Gasteiger partial charge >= 0.3 is 11.9 Å². The lowest BCUT2D eigenvalue weighted by Crippen LogP contribution is -2.39. The molecule has 1 aliphatic rings. The lowest BCUT2D eigenvalue weighted by Gasteiger charge is -2.23. The molecule has 262 valence electrons. The first kappa shape index (κ1) is 36.4. The zero-order chi connectivity index (χ0) is 35.8. The second-order valence-corrected chi connectivity index (χ2v) is 12.6. The number of methoxy groups -OCH3 is 1. The van der Waals surface area contributed by atoms with Gasteiger partial charge in [-0.25, -0.2) is 14.6 Å². The Morgan fingerprint density at radius 1 is 0.860 bits per heavy atom. The number of hydrogen-bond donors (Lipinski definition) is 0. The van der Waals surface area contributed by atoms with Gasteiger partial charge in [0.1, 0.15) is 6.61 Å². The summed E-state index contributed by atoms with van der Waals surface area (Å²) in [5, 5.41) is 0. The molecule has 1 atom stereocenters. The number of thiazole rings is 1. The number of ether oxygens (including phenoxy) is 6. The molecule has 4 aromatic rings. The Labute approximate surface area is 301 Å². The molecule has 50 heavy (non-hydrogen) atoms. The SMILES string of the molecule is CCOC(=O)c1ccc(COc2c(Br)cc(/C=c3/sc4n(c3=O)[C@H](c3ccc(OCC)c(OCC)c3)C(C(=O)OC)=CN=4)cc2OCC)cc1. The summed E-state index contributed by atoms with van der Waals surface area (Å²) in [6.07, 6.45) is 3.19. The van der Waals surface area contributed by atoms with Crippen molar-refractivity contribution in [1.82, 2.24) is 4.57 Å². The maximum atomic E-state index is 14.1. The van der Waals surface area contributed by atoms with Crippen LogP contribution in [-0.2, 0) is 20.9 Å². The average Bonchev–Trinajstić information content (AvgIpc) is 3.42. The van der Waals surface area contributed by atoms with Crippen molar-refractivity contribution in [2.24, 2.45) is 4.99 Å². The van der Waals surface area contributed by atoms with Gasteiger partial charge in [-0.15, -0.1) is 0 Å². The van der Waals surface area contributed by atoms with E-state index in [4.69, 9.17) is 28.4 Å². The van der Waals surface area contributed by atoms with Crippen molar-refractivity contribution in [2.45, 2.75) is 40.3 Å². The van der Waals surface area contributed by atoms with E-state index in [0.29, 0.717) is 79.9 Å². The summed E-state index contributed by atoms with van der Waals surface area (Å²) in [7, 11) is 1.29. The van der Waals surface area contributed by atoms with Crippen LogP contribution in [0, 0.1) is 0 Å². The number of hydrogen-bond acceptors (Lipinski definition) is 11. The van der Waals surface area contributed by atoms with Crippen molar-refractivity contribution in [1.29, 1.82) is 0 Å². The molecule has 3 aromatic carbocycles. The minimum atomic E-state index is -0.816. The molecule has 0 aliphatic carbocycles. The number of benzene rings is 3. The lowest BCUT2D eigenvalue weighted by molar-refractivity contribution is -0.136. The number of nitrogens with zero attached hydrogens (tertiary/aromatic N) is 2. The third-order valence-electron chi connectivity index (χ3n) is 7.49. The second kappa shape index (κ2) is 16.7. The monoisotopic (exact) mass is 764 g/mol. The molecule has 0 fully saturated rings. The molecule has 11 nitrogen and oxygen atoms in total. The number of aromatic nitrogens is 1. The topological polar surface area (TPSA) is 124 Å². The van der Waals surface area contributed by atoms with Crippen molar-refractivity contribution in [3.05, 3.63) is 113 Å². The summed E-state index contributed by atoms with van der Waals surface area (Å²) in [6.45, 7) is 9.13. The Kier molecular flexibility index (Phi) is 12.1. The van der Waals surface area contributed by atoms with Crippen molar-refractivity contribution < 1.29 is 38.0 Å². The number of fused-ring (bicyclic) bond motifs is 1. The van der Waals surface area contributed by atoms with Gasteiger partial charge in [0.2, 0.25) is 0 Å². The van der Waals surface area contributed by atoms with E-state index in [-0.39, 0.29) is 23.7 Å². The predicted octanol–water partition coefficient (Wildman–Crippen LogP) is 5.73. The van der Waals surface area contributed by atoms with Crippen LogP contribution >= 0.6 is 27.3 Å². The number of halogens is 1. The van der Waals surface area contributed by atoms with Gasteiger partial charge in [0.05, 0.1) is 59.7 Å². The summed E-state index contributed by atoms with van der Waals surface area (Å²) in [5.41, 5.74) is 2.50. The number of carbonyl (C=O) groups is 2. The maximum absolute atomic E-state index is 14.1. The van der Waals surface area contributed by atoms with E-state index in [9.17, 15) is 14.4 Å². The first-order valence-electron chi connectivity index (χ1n) is 16.1. The zero-order valence-electron chi connectivity index (χ0n) is 28.3. The summed E-state index contributed by atoms with van der Waals surface area (Å²) >= 11 is 4.82. The van der Waals surface area contributed by atoms with Gasteiger partial charge in [-0.3, -0.25) is 9.36 Å². The third kappa shape index (κ3) is 7.95. The van der Waals surface area contributed by atoms with Gasteiger partial charge in [-0.2, -0.15) is 0 Å². The highest BCUT2D eigenvalue weighted by molar-refractivity contribution is 9.10. The lowest BCUT2D eigenvalue weighted by atomic mass is 9.97. The maximum Gasteiger partial charge on any atom is 0.338 e. The second-order valence-electron chi connectivity index (χ2n) is 10.7. The molecule has 0 bridgehead atoms. The molecule has 13 heteroatoms. The summed E-state index contributed by atoms with van der Waals surface area (Å²) in [5.74, 6) is 1.05. The van der Waals surface area contributed by atoms with Gasteiger partial charge in [0.25, 0.3) is 5.56 Å². The Morgan fingerprint density at radius 2 is 1.56 bits per heavy atom. The molecule has 0 unspecified atom stereocenters. The zero-order valence-corrected chi connectivity index (χ0v) is 30.7. The molecule has 2 heterocycles. The molecule has 0 saturated carbocycles. The van der Waals surface area contributed by atoms with Gasteiger partial charge in [0, 0.05) is 6.20 Å². The van der Waals surface area contributed by atoms with Crippen LogP contribution in [0.5, 0.6) is 23.0 Å². The van der Waals surface area contributed by atoms with Crippen LogP contribution < -0.4 is 33.8 Å². The molecular weight excluding hydrogens is 728 g/mol. The van der Waals surface area contributed by atoms with Crippen molar-refractivity contribution >= 4 is 45.3 Å². The highest BCUT2D eigenvalue weighted by atomic mass is 79.9. The Balaban J connectivity index is 1.51. The van der Waals surface area contributed by atoms with Crippen molar-refractivity contribution in [3.8, 4) is 23.0 Å². The Morgan fingerprint density at radius 3 is 2.24 bits per heavy atom. The molecule has 0 amide bonds. The quantitative estimate of drug-likeness (QED) is 0.148. The van der Waals surface area contributed by atoms with Crippen molar-refractivity contribution in [3.63, 3.8) is 0 Å². The Hall–Kier alpha value is -4.88. The summed E-state index contributed by atoms with van der Waals surface area (Å²) < 4.78 is 36.3. The first-order valence-corrected chi connectivity index (χ1v) is 17.7. The van der Waals surface area contributed by atoms with Crippen LogP contribution in [-0.4, -0.2) is 50.0 Å². The minimum absolute atomic E-state index is 0.205. The van der Waals surface area contributed by atoms with Crippen LogP contribution in [0.25, 0.3) is 6.08 Å². The summed E-state index contributed by atoms with van der Waals surface area (Å²) in [4.78, 5) is 44.0. The highest BCUT2D eigenvalue weighted by Crippen LogP contribution is 2.38. The van der Waals surface area contributed by atoms with Crippen molar-refractivity contribution in [2.75, 3.05) is 33.5 Å². The molecule has 0 saturated heterocycles. The van der Waals surface area contributed by atoms with Crippen LogP contribution in [0.4, 0.5) is 0 Å². The van der Waals surface area contributed by atoms with Gasteiger partial charge in [0.15, 0.2) is 27.8 Å². The van der Waals surface area contributed by atoms with E-state index in [1.54, 1.807) is 61.5 Å². The van der Waals surface area contributed by atoms with E-state index >= 15 is 0 Å². The molecule has 0 radical (unpaired) electrons. The van der Waals surface area contributed by atoms with E-state index in [2.05, 4.69) is 20.9 Å². The predicted molar refractivity (Wildman–Crippen MR) is 192 cm³/mol. The standard InChI is InChI=1S/C37H37BrN2O9S/c1-6-45-28-15-14-25(19-29(28)46-7-2)32-26(36(43)44-5)20-39-37-40(32)34(41)31(50-37)18-23-16-27(38)33(30(17-23)47-8-3)49-21-22-10-12-24(13-11-22)35(42)48-9-4/h10-20,32H,6-9,21H2,1-5H3/b31-18+/t32-/m1/s1. The van der Waals surface area contributed by atoms with E-state index in [1.165, 1.54) is 29.2 Å². The van der Waals surface area contributed by atoms with Crippen LogP contribution in [0.2, 0.25) is 0 Å². The third-order valence-corrected chi connectivity index (χ3v) is 9.07. The fourth-order valence-corrected chi connectivity index (χ4v) is 6.86. The van der Waals surface area contributed by atoms with Gasteiger partial charge in [-0.05, 0) is 103 Å². The van der Waals surface area contributed by atoms with E-state index < -0.39 is 12.0 Å². The van der Waals surface area contributed by atoms with Crippen LogP contribution in [0.1, 0.15) is 60.8 Å². The first-order chi connectivity index (χ1) is 24.2. The molecule has 1 aromatic heterocycles. The molecule has 1 aliphatic heterocycles. The minimum Gasteiger partial charge on any atom is -0.490 e. The van der Waals surface area contributed by atoms with E-state index in [1.807, 2.05) is 26.8 Å².